The molecule has 0 amide bonds. The van der Waals surface area contributed by atoms with Crippen LogP contribution in [0.1, 0.15) is 30.3 Å². The minimum Gasteiger partial charge on any atom is -0.341 e. The van der Waals surface area contributed by atoms with Crippen LogP contribution in [0.2, 0.25) is 0 Å². The second-order valence-electron chi connectivity index (χ2n) is 3.21. The molecule has 1 aromatic heterocycles. The van der Waals surface area contributed by atoms with Gasteiger partial charge in [-0.25, -0.2) is 13.8 Å². The van der Waals surface area contributed by atoms with Crippen molar-refractivity contribution in [3.63, 3.8) is 0 Å². The van der Waals surface area contributed by atoms with E-state index in [1.807, 2.05) is 0 Å². The number of halogens is 2. The van der Waals surface area contributed by atoms with Gasteiger partial charge in [0, 0.05) is 12.5 Å². The third kappa shape index (κ3) is 1.70. The Morgan fingerprint density at radius 3 is 2.92 bits per heavy atom. The fourth-order valence-corrected chi connectivity index (χ4v) is 1.56. The molecule has 0 bridgehead atoms. The Bertz CT molecular complexity index is 279. The maximum atomic E-state index is 12.2. The molecular formula is C8H11F2N3. The summed E-state index contributed by atoms with van der Waals surface area (Å²) in [5, 5.41) is 3.16. The van der Waals surface area contributed by atoms with Crippen molar-refractivity contribution in [1.29, 1.82) is 0 Å². The van der Waals surface area contributed by atoms with Gasteiger partial charge in [-0.3, -0.25) is 0 Å². The predicted molar refractivity (Wildman–Crippen MR) is 43.8 cm³/mol. The van der Waals surface area contributed by atoms with Gasteiger partial charge in [-0.15, -0.1) is 0 Å². The first-order valence-electron chi connectivity index (χ1n) is 4.31. The van der Waals surface area contributed by atoms with Gasteiger partial charge < -0.3 is 10.3 Å². The van der Waals surface area contributed by atoms with E-state index in [0.29, 0.717) is 5.82 Å². The van der Waals surface area contributed by atoms with E-state index in [2.05, 4.69) is 15.3 Å². The molecular weight excluding hydrogens is 176 g/mol. The summed E-state index contributed by atoms with van der Waals surface area (Å²) >= 11 is 0. The number of hydrogen-bond donors (Lipinski definition) is 2. The minimum absolute atomic E-state index is 0.0816. The van der Waals surface area contributed by atoms with Gasteiger partial charge in [-0.1, -0.05) is 0 Å². The van der Waals surface area contributed by atoms with E-state index in [-0.39, 0.29) is 11.6 Å². The number of alkyl halides is 2. The molecule has 0 saturated carbocycles. The van der Waals surface area contributed by atoms with Crippen molar-refractivity contribution >= 4 is 0 Å². The predicted octanol–water partition coefficient (Wildman–Crippen LogP) is 1.42. The molecule has 1 atom stereocenters. The molecule has 1 unspecified atom stereocenters. The monoisotopic (exact) mass is 187 g/mol. The summed E-state index contributed by atoms with van der Waals surface area (Å²) in [7, 11) is 0. The zero-order valence-electron chi connectivity index (χ0n) is 7.06. The van der Waals surface area contributed by atoms with Crippen LogP contribution in [0.15, 0.2) is 6.20 Å². The Morgan fingerprint density at radius 1 is 1.54 bits per heavy atom. The molecule has 72 valence electrons. The summed E-state index contributed by atoms with van der Waals surface area (Å²) in [6, 6.07) is 0. The van der Waals surface area contributed by atoms with Crippen molar-refractivity contribution in [2.75, 3.05) is 13.1 Å². The van der Waals surface area contributed by atoms with Crippen molar-refractivity contribution in [2.45, 2.75) is 18.8 Å². The summed E-state index contributed by atoms with van der Waals surface area (Å²) in [6.45, 7) is 1.77. The number of rotatable bonds is 2. The number of aromatic amines is 1. The van der Waals surface area contributed by atoms with Gasteiger partial charge in [0.2, 0.25) is 0 Å². The van der Waals surface area contributed by atoms with Crippen LogP contribution in [0.5, 0.6) is 0 Å². The number of aromatic nitrogens is 2. The molecule has 0 radical (unpaired) electrons. The van der Waals surface area contributed by atoms with Gasteiger partial charge in [0.15, 0.2) is 0 Å². The molecule has 3 nitrogen and oxygen atoms in total. The minimum atomic E-state index is -2.45. The van der Waals surface area contributed by atoms with Gasteiger partial charge in [0.25, 0.3) is 6.43 Å². The standard InChI is InChI=1S/C8H11F2N3/c9-7(10)6-4-12-8(13-6)5-1-2-11-3-5/h4-5,7,11H,1-3H2,(H,12,13). The van der Waals surface area contributed by atoms with E-state index in [1.165, 1.54) is 6.20 Å². The van der Waals surface area contributed by atoms with Gasteiger partial charge in [0.05, 0.1) is 6.20 Å². The third-order valence-electron chi connectivity index (χ3n) is 2.30. The Balaban J connectivity index is 2.12. The van der Waals surface area contributed by atoms with Crippen LogP contribution in [-0.2, 0) is 0 Å². The van der Waals surface area contributed by atoms with Crippen LogP contribution in [0.3, 0.4) is 0 Å². The van der Waals surface area contributed by atoms with Crippen LogP contribution in [0.4, 0.5) is 8.78 Å². The second-order valence-corrected chi connectivity index (χ2v) is 3.21. The normalized spacial score (nSPS) is 22.8. The lowest BCUT2D eigenvalue weighted by molar-refractivity contribution is 0.146. The lowest BCUT2D eigenvalue weighted by atomic mass is 10.1. The molecule has 1 fully saturated rings. The number of nitrogens with one attached hydrogen (secondary N) is 2. The molecule has 0 spiro atoms. The molecule has 1 aliphatic rings. The summed E-state index contributed by atoms with van der Waals surface area (Å²) in [6.07, 6.45) is -0.260. The fourth-order valence-electron chi connectivity index (χ4n) is 1.56. The number of hydrogen-bond acceptors (Lipinski definition) is 2. The van der Waals surface area contributed by atoms with Gasteiger partial charge in [-0.2, -0.15) is 0 Å². The summed E-state index contributed by atoms with van der Waals surface area (Å²) in [4.78, 5) is 6.60. The summed E-state index contributed by atoms with van der Waals surface area (Å²) < 4.78 is 24.4. The van der Waals surface area contributed by atoms with Crippen molar-refractivity contribution < 1.29 is 8.78 Å². The first-order chi connectivity index (χ1) is 6.27. The highest BCUT2D eigenvalue weighted by atomic mass is 19.3. The van der Waals surface area contributed by atoms with E-state index in [0.717, 1.165) is 19.5 Å². The molecule has 0 aliphatic carbocycles. The SMILES string of the molecule is FC(F)c1cnc(C2CCNC2)[nH]1. The Kier molecular flexibility index (Phi) is 2.26. The smallest absolute Gasteiger partial charge is 0.279 e. The number of H-pyrrole nitrogens is 1. The van der Waals surface area contributed by atoms with Crippen molar-refractivity contribution in [3.8, 4) is 0 Å². The van der Waals surface area contributed by atoms with Crippen LogP contribution in [-0.4, -0.2) is 23.1 Å². The second kappa shape index (κ2) is 3.41. The van der Waals surface area contributed by atoms with E-state index >= 15 is 0 Å². The van der Waals surface area contributed by atoms with E-state index in [4.69, 9.17) is 0 Å². The van der Waals surface area contributed by atoms with E-state index in [9.17, 15) is 8.78 Å². The van der Waals surface area contributed by atoms with E-state index < -0.39 is 6.43 Å². The molecule has 2 heterocycles. The van der Waals surface area contributed by atoms with Crippen LogP contribution in [0, 0.1) is 0 Å². The molecule has 1 aromatic rings. The van der Waals surface area contributed by atoms with Gasteiger partial charge in [-0.05, 0) is 13.0 Å². The molecule has 1 saturated heterocycles. The first kappa shape index (κ1) is 8.62. The lowest BCUT2D eigenvalue weighted by Crippen LogP contribution is -2.08. The van der Waals surface area contributed by atoms with Crippen LogP contribution >= 0.6 is 0 Å². The van der Waals surface area contributed by atoms with Crippen molar-refractivity contribution in [2.24, 2.45) is 0 Å². The maximum absolute atomic E-state index is 12.2. The Hall–Kier alpha value is -0.970. The average molecular weight is 187 g/mol. The van der Waals surface area contributed by atoms with Gasteiger partial charge >= 0.3 is 0 Å². The lowest BCUT2D eigenvalue weighted by Gasteiger charge is -2.02. The maximum Gasteiger partial charge on any atom is 0.279 e. The fraction of sp³-hybridized carbons (Fsp3) is 0.625. The molecule has 5 heteroatoms. The van der Waals surface area contributed by atoms with Crippen molar-refractivity contribution in [3.05, 3.63) is 17.7 Å². The van der Waals surface area contributed by atoms with Crippen LogP contribution in [0.25, 0.3) is 0 Å². The van der Waals surface area contributed by atoms with Crippen molar-refractivity contribution in [1.82, 2.24) is 15.3 Å². The molecule has 1 aliphatic heterocycles. The summed E-state index contributed by atoms with van der Waals surface area (Å²) in [5.41, 5.74) is -0.0816. The summed E-state index contributed by atoms with van der Waals surface area (Å²) in [5.74, 6) is 0.952. The first-order valence-corrected chi connectivity index (χ1v) is 4.31. The van der Waals surface area contributed by atoms with E-state index in [1.54, 1.807) is 0 Å². The number of imidazole rings is 1. The molecule has 13 heavy (non-hydrogen) atoms. The number of nitrogens with zero attached hydrogens (tertiary/aromatic N) is 1. The Labute approximate surface area is 74.6 Å². The zero-order chi connectivity index (χ0) is 9.26. The van der Waals surface area contributed by atoms with Crippen LogP contribution < -0.4 is 5.32 Å². The Morgan fingerprint density at radius 2 is 2.38 bits per heavy atom. The average Bonchev–Trinajstić information content (AvgIpc) is 2.75. The largest absolute Gasteiger partial charge is 0.341 e. The highest BCUT2D eigenvalue weighted by Crippen LogP contribution is 2.22. The highest BCUT2D eigenvalue weighted by molar-refractivity contribution is 5.08. The molecule has 2 rings (SSSR count). The molecule has 2 N–H and O–H groups in total. The highest BCUT2D eigenvalue weighted by Gasteiger charge is 2.20. The zero-order valence-corrected chi connectivity index (χ0v) is 7.06. The topological polar surface area (TPSA) is 40.7 Å². The quantitative estimate of drug-likeness (QED) is 0.735. The van der Waals surface area contributed by atoms with Gasteiger partial charge in [0.1, 0.15) is 11.5 Å². The third-order valence-corrected chi connectivity index (χ3v) is 2.30. The molecule has 0 aromatic carbocycles.